The average Bonchev–Trinajstić information content (AvgIpc) is 2.59. The van der Waals surface area contributed by atoms with Gasteiger partial charge in [-0.25, -0.2) is 0 Å². The standard InChI is InChI=1S/C19H28N2O3/c1-13(2)21-10-6-7-15(12-21)11-20-19(22)18-14(3)23-16-8-4-5-9-17(16)24-18/h4-5,8-9,13-15,18H,6-7,10-12H2,1-3H3,(H,20,22)/t14-,15+,18-/m0/s1. The van der Waals surface area contributed by atoms with Crippen LogP contribution in [0.5, 0.6) is 11.5 Å². The van der Waals surface area contributed by atoms with Gasteiger partial charge in [0.05, 0.1) is 0 Å². The molecule has 3 rings (SSSR count). The number of amides is 1. The summed E-state index contributed by atoms with van der Waals surface area (Å²) < 4.78 is 11.7. The lowest BCUT2D eigenvalue weighted by atomic mass is 9.97. The van der Waals surface area contributed by atoms with Gasteiger partial charge in [-0.3, -0.25) is 4.79 Å². The molecule has 1 aromatic rings. The molecular weight excluding hydrogens is 304 g/mol. The Kier molecular flexibility index (Phi) is 5.29. The number of hydrogen-bond donors (Lipinski definition) is 1. The summed E-state index contributed by atoms with van der Waals surface area (Å²) in [4.78, 5) is 15.0. The van der Waals surface area contributed by atoms with Crippen molar-refractivity contribution >= 4 is 5.91 Å². The molecule has 5 heteroatoms. The molecule has 2 aliphatic rings. The van der Waals surface area contributed by atoms with Crippen molar-refractivity contribution in [3.8, 4) is 11.5 Å². The smallest absolute Gasteiger partial charge is 0.265 e. The maximum Gasteiger partial charge on any atom is 0.265 e. The molecule has 1 aromatic carbocycles. The van der Waals surface area contributed by atoms with E-state index >= 15 is 0 Å². The fourth-order valence-corrected chi connectivity index (χ4v) is 3.48. The van der Waals surface area contributed by atoms with E-state index in [2.05, 4.69) is 24.1 Å². The number of fused-ring (bicyclic) bond motifs is 1. The van der Waals surface area contributed by atoms with Crippen LogP contribution in [0.25, 0.3) is 0 Å². The van der Waals surface area contributed by atoms with E-state index in [1.165, 1.54) is 12.8 Å². The Morgan fingerprint density at radius 3 is 2.71 bits per heavy atom. The van der Waals surface area contributed by atoms with Crippen LogP contribution in [0, 0.1) is 5.92 Å². The average molecular weight is 332 g/mol. The van der Waals surface area contributed by atoms with E-state index in [9.17, 15) is 4.79 Å². The van der Waals surface area contributed by atoms with Crippen molar-refractivity contribution in [2.75, 3.05) is 19.6 Å². The first-order valence-electron chi connectivity index (χ1n) is 8.98. The van der Waals surface area contributed by atoms with E-state index in [-0.39, 0.29) is 12.0 Å². The van der Waals surface area contributed by atoms with Crippen LogP contribution in [-0.4, -0.2) is 48.7 Å². The monoisotopic (exact) mass is 332 g/mol. The van der Waals surface area contributed by atoms with Crippen LogP contribution < -0.4 is 14.8 Å². The summed E-state index contributed by atoms with van der Waals surface area (Å²) >= 11 is 0. The molecule has 132 valence electrons. The number of para-hydroxylation sites is 2. The Bertz CT molecular complexity index is 575. The number of carbonyl (C=O) groups is 1. The quantitative estimate of drug-likeness (QED) is 0.920. The summed E-state index contributed by atoms with van der Waals surface area (Å²) in [5.74, 6) is 1.77. The molecule has 1 N–H and O–H groups in total. The fraction of sp³-hybridized carbons (Fsp3) is 0.632. The van der Waals surface area contributed by atoms with Crippen LogP contribution in [0.3, 0.4) is 0 Å². The molecule has 1 saturated heterocycles. The van der Waals surface area contributed by atoms with E-state index in [0.717, 1.165) is 13.1 Å². The van der Waals surface area contributed by atoms with E-state index in [1.807, 2.05) is 31.2 Å². The van der Waals surface area contributed by atoms with Gasteiger partial charge >= 0.3 is 0 Å². The van der Waals surface area contributed by atoms with Crippen LogP contribution in [0.2, 0.25) is 0 Å². The van der Waals surface area contributed by atoms with E-state index < -0.39 is 6.10 Å². The first-order valence-corrected chi connectivity index (χ1v) is 8.98. The SMILES string of the molecule is CC(C)N1CCC[C@H](CNC(=O)[C@H]2Oc3ccccc3O[C@H]2C)C1. The van der Waals surface area contributed by atoms with Crippen molar-refractivity contribution in [3.63, 3.8) is 0 Å². The highest BCUT2D eigenvalue weighted by Gasteiger charge is 2.34. The van der Waals surface area contributed by atoms with Gasteiger partial charge in [0.15, 0.2) is 11.5 Å². The third kappa shape index (κ3) is 3.83. The Morgan fingerprint density at radius 1 is 1.29 bits per heavy atom. The molecule has 0 aromatic heterocycles. The Morgan fingerprint density at radius 2 is 2.00 bits per heavy atom. The lowest BCUT2D eigenvalue weighted by Gasteiger charge is -2.36. The molecule has 0 saturated carbocycles. The van der Waals surface area contributed by atoms with Crippen molar-refractivity contribution in [2.24, 2.45) is 5.92 Å². The topological polar surface area (TPSA) is 50.8 Å². The number of rotatable bonds is 4. The van der Waals surface area contributed by atoms with Crippen molar-refractivity contribution in [3.05, 3.63) is 24.3 Å². The van der Waals surface area contributed by atoms with E-state index in [1.54, 1.807) is 0 Å². The third-order valence-corrected chi connectivity index (χ3v) is 4.95. The number of nitrogens with one attached hydrogen (secondary N) is 1. The molecule has 0 unspecified atom stereocenters. The summed E-state index contributed by atoms with van der Waals surface area (Å²) in [7, 11) is 0. The summed E-state index contributed by atoms with van der Waals surface area (Å²) in [6.45, 7) is 9.26. The van der Waals surface area contributed by atoms with Gasteiger partial charge in [0.2, 0.25) is 6.10 Å². The Balaban J connectivity index is 1.54. The Labute approximate surface area is 144 Å². The minimum absolute atomic E-state index is 0.0846. The van der Waals surface area contributed by atoms with Crippen molar-refractivity contribution in [1.29, 1.82) is 0 Å². The van der Waals surface area contributed by atoms with Gasteiger partial charge in [-0.1, -0.05) is 12.1 Å². The third-order valence-electron chi connectivity index (χ3n) is 4.95. The highest BCUT2D eigenvalue weighted by atomic mass is 16.6. The van der Waals surface area contributed by atoms with Gasteiger partial charge in [0.25, 0.3) is 5.91 Å². The highest BCUT2D eigenvalue weighted by Crippen LogP contribution is 2.33. The number of carbonyl (C=O) groups excluding carboxylic acids is 1. The van der Waals surface area contributed by atoms with Crippen LogP contribution in [0.1, 0.15) is 33.6 Å². The molecule has 1 amide bonds. The van der Waals surface area contributed by atoms with Crippen molar-refractivity contribution in [2.45, 2.75) is 51.9 Å². The van der Waals surface area contributed by atoms with Crippen LogP contribution in [0.15, 0.2) is 24.3 Å². The second-order valence-corrected chi connectivity index (χ2v) is 7.15. The number of likely N-dealkylation sites (tertiary alicyclic amines) is 1. The normalized spacial score (nSPS) is 27.1. The second kappa shape index (κ2) is 7.43. The zero-order valence-corrected chi connectivity index (χ0v) is 14.8. The maximum absolute atomic E-state index is 12.5. The second-order valence-electron chi connectivity index (χ2n) is 7.15. The predicted molar refractivity (Wildman–Crippen MR) is 93.4 cm³/mol. The predicted octanol–water partition coefficient (Wildman–Crippen LogP) is 2.45. The largest absolute Gasteiger partial charge is 0.482 e. The van der Waals surface area contributed by atoms with Crippen molar-refractivity contribution < 1.29 is 14.3 Å². The van der Waals surface area contributed by atoms with Crippen LogP contribution >= 0.6 is 0 Å². The fourth-order valence-electron chi connectivity index (χ4n) is 3.48. The Hall–Kier alpha value is -1.75. The number of benzene rings is 1. The van der Waals surface area contributed by atoms with Crippen molar-refractivity contribution in [1.82, 2.24) is 10.2 Å². The van der Waals surface area contributed by atoms with Gasteiger partial charge in [-0.2, -0.15) is 0 Å². The molecule has 24 heavy (non-hydrogen) atoms. The van der Waals surface area contributed by atoms with Crippen LogP contribution in [-0.2, 0) is 4.79 Å². The van der Waals surface area contributed by atoms with Gasteiger partial charge in [-0.15, -0.1) is 0 Å². The number of piperidine rings is 1. The number of ether oxygens (including phenoxy) is 2. The summed E-state index contributed by atoms with van der Waals surface area (Å²) in [6, 6.07) is 8.05. The molecule has 5 nitrogen and oxygen atoms in total. The van der Waals surface area contributed by atoms with Gasteiger partial charge < -0.3 is 19.7 Å². The molecule has 0 spiro atoms. The molecule has 2 aliphatic heterocycles. The lowest BCUT2D eigenvalue weighted by Crippen LogP contribution is -2.51. The highest BCUT2D eigenvalue weighted by molar-refractivity contribution is 5.82. The molecule has 0 radical (unpaired) electrons. The van der Waals surface area contributed by atoms with E-state index in [4.69, 9.17) is 9.47 Å². The molecular formula is C19H28N2O3. The molecule has 0 aliphatic carbocycles. The zero-order valence-electron chi connectivity index (χ0n) is 14.8. The first-order chi connectivity index (χ1) is 11.5. The van der Waals surface area contributed by atoms with Gasteiger partial charge in [0.1, 0.15) is 6.10 Å². The van der Waals surface area contributed by atoms with Crippen LogP contribution in [0.4, 0.5) is 0 Å². The molecule has 1 fully saturated rings. The maximum atomic E-state index is 12.5. The minimum Gasteiger partial charge on any atom is -0.482 e. The molecule has 0 bridgehead atoms. The van der Waals surface area contributed by atoms with E-state index in [0.29, 0.717) is 30.0 Å². The minimum atomic E-state index is -0.593. The first kappa shape index (κ1) is 17.1. The van der Waals surface area contributed by atoms with Gasteiger partial charge in [0, 0.05) is 19.1 Å². The number of nitrogens with zero attached hydrogens (tertiary/aromatic N) is 1. The summed E-state index contributed by atoms with van der Waals surface area (Å²) in [5.41, 5.74) is 0. The molecule has 2 heterocycles. The number of hydrogen-bond acceptors (Lipinski definition) is 4. The lowest BCUT2D eigenvalue weighted by molar-refractivity contribution is -0.133. The summed E-state index contributed by atoms with van der Waals surface area (Å²) in [5, 5.41) is 3.07. The molecule has 3 atom stereocenters. The zero-order chi connectivity index (χ0) is 17.1. The van der Waals surface area contributed by atoms with Gasteiger partial charge in [-0.05, 0) is 58.2 Å². The summed E-state index contributed by atoms with van der Waals surface area (Å²) in [6.07, 6.45) is 1.48.